The number of ether oxygens (including phenoxy) is 2. The van der Waals surface area contributed by atoms with Gasteiger partial charge in [-0.2, -0.15) is 0 Å². The Hall–Kier alpha value is -4.82. The largest absolute Gasteiger partial charge is 0.497 e. The summed E-state index contributed by atoms with van der Waals surface area (Å²) in [4.78, 5) is 18.8. The number of urea groups is 1. The molecule has 0 fully saturated rings. The zero-order valence-electron chi connectivity index (χ0n) is 23.1. The maximum atomic E-state index is 12.1. The maximum absolute atomic E-state index is 12.1. The summed E-state index contributed by atoms with van der Waals surface area (Å²) in [5.41, 5.74) is 7.88. The Bertz CT molecular complexity index is 1590. The number of amides is 2. The molecule has 8 nitrogen and oxygen atoms in total. The van der Waals surface area contributed by atoms with Crippen molar-refractivity contribution < 1.29 is 14.3 Å². The highest BCUT2D eigenvalue weighted by Crippen LogP contribution is 2.31. The van der Waals surface area contributed by atoms with E-state index < -0.39 is 0 Å². The number of carbonyl (C=O) groups is 1. The van der Waals surface area contributed by atoms with Crippen molar-refractivity contribution in [2.45, 2.75) is 0 Å². The number of aromatic nitrogens is 2. The van der Waals surface area contributed by atoms with E-state index in [1.54, 1.807) is 14.2 Å². The smallest absolute Gasteiger partial charge is 0.319 e. The number of fused-ring (bicyclic) bond motifs is 1. The number of hydrogen-bond acceptors (Lipinski definition) is 5. The van der Waals surface area contributed by atoms with Gasteiger partial charge in [-0.15, -0.1) is 0 Å². The SMILES string of the molecule is COc1cc(OC)cc(-c2ccc(-n3cnc4ccc(-c5ccc(NC(=O)NCCN(C)C)cc5)cc43)cc2)c1. The number of benzene rings is 4. The van der Waals surface area contributed by atoms with Crippen molar-refractivity contribution in [3.63, 3.8) is 0 Å². The van der Waals surface area contributed by atoms with Crippen molar-refractivity contribution >= 4 is 22.8 Å². The van der Waals surface area contributed by atoms with Gasteiger partial charge in [0.15, 0.2) is 0 Å². The molecule has 5 rings (SSSR count). The van der Waals surface area contributed by atoms with Gasteiger partial charge in [0.05, 0.1) is 25.3 Å². The first-order valence-corrected chi connectivity index (χ1v) is 13.0. The molecule has 4 aromatic carbocycles. The molecule has 0 bridgehead atoms. The van der Waals surface area contributed by atoms with Crippen LogP contribution in [-0.4, -0.2) is 61.9 Å². The van der Waals surface area contributed by atoms with Crippen LogP contribution in [0.15, 0.2) is 91.3 Å². The number of carbonyl (C=O) groups excluding carboxylic acids is 1. The minimum absolute atomic E-state index is 0.212. The summed E-state index contributed by atoms with van der Waals surface area (Å²) in [5, 5.41) is 5.74. The van der Waals surface area contributed by atoms with Crippen LogP contribution in [0.25, 0.3) is 39.0 Å². The maximum Gasteiger partial charge on any atom is 0.319 e. The Morgan fingerprint density at radius 2 is 1.43 bits per heavy atom. The van der Waals surface area contributed by atoms with Crippen LogP contribution < -0.4 is 20.1 Å². The molecule has 0 aliphatic heterocycles. The van der Waals surface area contributed by atoms with E-state index in [1.165, 1.54) is 0 Å². The summed E-state index contributed by atoms with van der Waals surface area (Å²) in [6.07, 6.45) is 1.85. The van der Waals surface area contributed by atoms with Gasteiger partial charge in [0.25, 0.3) is 0 Å². The van der Waals surface area contributed by atoms with Crippen LogP contribution in [-0.2, 0) is 0 Å². The number of nitrogens with one attached hydrogen (secondary N) is 2. The predicted octanol–water partition coefficient (Wildman–Crippen LogP) is 6.06. The third-order valence-corrected chi connectivity index (χ3v) is 6.70. The van der Waals surface area contributed by atoms with Crippen LogP contribution in [0.2, 0.25) is 0 Å². The summed E-state index contributed by atoms with van der Waals surface area (Å²) in [6, 6.07) is 28.0. The zero-order valence-corrected chi connectivity index (χ0v) is 23.1. The normalized spacial score (nSPS) is 11.0. The van der Waals surface area contributed by atoms with Crippen molar-refractivity contribution in [2.24, 2.45) is 0 Å². The van der Waals surface area contributed by atoms with Gasteiger partial charge in [-0.05, 0) is 84.9 Å². The Kier molecular flexibility index (Phi) is 7.98. The average Bonchev–Trinajstić information content (AvgIpc) is 3.40. The van der Waals surface area contributed by atoms with E-state index in [1.807, 2.05) is 73.9 Å². The second kappa shape index (κ2) is 11.9. The molecular formula is C32H33N5O3. The number of nitrogens with zero attached hydrogens (tertiary/aromatic N) is 3. The molecule has 0 saturated heterocycles. The van der Waals surface area contributed by atoms with Crippen LogP contribution in [0.3, 0.4) is 0 Å². The minimum Gasteiger partial charge on any atom is -0.497 e. The second-order valence-electron chi connectivity index (χ2n) is 9.73. The Labute approximate surface area is 234 Å². The highest BCUT2D eigenvalue weighted by atomic mass is 16.5. The molecule has 204 valence electrons. The van der Waals surface area contributed by atoms with Crippen LogP contribution in [0.5, 0.6) is 11.5 Å². The van der Waals surface area contributed by atoms with Crippen molar-refractivity contribution in [3.05, 3.63) is 91.3 Å². The molecule has 2 N–H and O–H groups in total. The van der Waals surface area contributed by atoms with Crippen molar-refractivity contribution in [1.29, 1.82) is 0 Å². The fourth-order valence-corrected chi connectivity index (χ4v) is 4.50. The molecule has 5 aromatic rings. The molecule has 0 atom stereocenters. The number of imidazole rings is 1. The van der Waals surface area contributed by atoms with Crippen molar-refractivity contribution in [2.75, 3.05) is 46.7 Å². The van der Waals surface area contributed by atoms with Crippen LogP contribution >= 0.6 is 0 Å². The Morgan fingerprint density at radius 3 is 2.08 bits per heavy atom. The summed E-state index contributed by atoms with van der Waals surface area (Å²) in [5.74, 6) is 1.50. The van der Waals surface area contributed by atoms with Gasteiger partial charge in [-0.1, -0.05) is 30.3 Å². The van der Waals surface area contributed by atoms with E-state index in [4.69, 9.17) is 9.47 Å². The third-order valence-electron chi connectivity index (χ3n) is 6.70. The summed E-state index contributed by atoms with van der Waals surface area (Å²) in [6.45, 7) is 1.37. The Balaban J connectivity index is 1.35. The molecule has 1 heterocycles. The average molecular weight is 536 g/mol. The molecule has 0 unspecified atom stereocenters. The van der Waals surface area contributed by atoms with E-state index in [0.29, 0.717) is 6.54 Å². The molecule has 0 aliphatic carbocycles. The molecular weight excluding hydrogens is 502 g/mol. The lowest BCUT2D eigenvalue weighted by Gasteiger charge is -2.12. The number of likely N-dealkylation sites (N-methyl/N-ethyl adjacent to an activating group) is 1. The summed E-state index contributed by atoms with van der Waals surface area (Å²) >= 11 is 0. The molecule has 8 heteroatoms. The highest BCUT2D eigenvalue weighted by molar-refractivity contribution is 5.90. The van der Waals surface area contributed by atoms with E-state index in [0.717, 1.165) is 62.7 Å². The van der Waals surface area contributed by atoms with E-state index in [-0.39, 0.29) is 6.03 Å². The van der Waals surface area contributed by atoms with Gasteiger partial charge >= 0.3 is 6.03 Å². The van der Waals surface area contributed by atoms with Crippen molar-refractivity contribution in [3.8, 4) is 39.4 Å². The quantitative estimate of drug-likeness (QED) is 0.240. The first-order valence-electron chi connectivity index (χ1n) is 13.0. The van der Waals surface area contributed by atoms with Crippen LogP contribution in [0, 0.1) is 0 Å². The lowest BCUT2D eigenvalue weighted by molar-refractivity contribution is 0.250. The number of rotatable bonds is 9. The fourth-order valence-electron chi connectivity index (χ4n) is 4.50. The lowest BCUT2D eigenvalue weighted by atomic mass is 10.0. The number of hydrogen-bond donors (Lipinski definition) is 2. The number of methoxy groups -OCH3 is 2. The minimum atomic E-state index is -0.212. The number of anilines is 1. The lowest BCUT2D eigenvalue weighted by Crippen LogP contribution is -2.34. The monoisotopic (exact) mass is 535 g/mol. The molecule has 0 spiro atoms. The molecule has 40 heavy (non-hydrogen) atoms. The third kappa shape index (κ3) is 6.08. The zero-order chi connectivity index (χ0) is 28.1. The van der Waals surface area contributed by atoms with Gasteiger partial charge < -0.3 is 25.0 Å². The molecule has 1 aromatic heterocycles. The summed E-state index contributed by atoms with van der Waals surface area (Å²) < 4.78 is 12.9. The van der Waals surface area contributed by atoms with Gasteiger partial charge in [0, 0.05) is 30.5 Å². The van der Waals surface area contributed by atoms with Crippen LogP contribution in [0.1, 0.15) is 0 Å². The van der Waals surface area contributed by atoms with Gasteiger partial charge in [0.1, 0.15) is 17.8 Å². The Morgan fingerprint density at radius 1 is 0.800 bits per heavy atom. The van der Waals surface area contributed by atoms with E-state index in [2.05, 4.69) is 56.6 Å². The van der Waals surface area contributed by atoms with Gasteiger partial charge in [0.2, 0.25) is 0 Å². The van der Waals surface area contributed by atoms with E-state index in [9.17, 15) is 4.79 Å². The second-order valence-corrected chi connectivity index (χ2v) is 9.73. The highest BCUT2D eigenvalue weighted by Gasteiger charge is 2.10. The topological polar surface area (TPSA) is 80.6 Å². The first-order chi connectivity index (χ1) is 19.4. The van der Waals surface area contributed by atoms with Gasteiger partial charge in [-0.3, -0.25) is 4.57 Å². The fraction of sp³-hybridized carbons (Fsp3) is 0.188. The van der Waals surface area contributed by atoms with Crippen molar-refractivity contribution in [1.82, 2.24) is 19.8 Å². The molecule has 2 amide bonds. The standard InChI is InChI=1S/C32H33N5O3/c1-36(2)16-15-33-32(38)35-26-10-5-22(6-11-26)24-9-14-30-31(19-24)37(21-34-30)27-12-7-23(8-13-27)25-17-28(39-3)20-29(18-25)40-4/h5-14,17-21H,15-16H2,1-4H3,(H2,33,35,38). The first kappa shape index (κ1) is 26.8. The summed E-state index contributed by atoms with van der Waals surface area (Å²) in [7, 11) is 7.25. The molecule has 0 radical (unpaired) electrons. The van der Waals surface area contributed by atoms with Crippen LogP contribution in [0.4, 0.5) is 10.5 Å². The predicted molar refractivity (Wildman–Crippen MR) is 161 cm³/mol. The molecule has 0 aliphatic rings. The van der Waals surface area contributed by atoms with Gasteiger partial charge in [-0.25, -0.2) is 9.78 Å². The van der Waals surface area contributed by atoms with E-state index >= 15 is 0 Å². The molecule has 0 saturated carbocycles.